The van der Waals surface area contributed by atoms with Crippen LogP contribution in [0.4, 0.5) is 5.69 Å². The van der Waals surface area contributed by atoms with Gasteiger partial charge in [0.2, 0.25) is 10.0 Å². The molecule has 1 rings (SSSR count). The van der Waals surface area contributed by atoms with Gasteiger partial charge in [-0.1, -0.05) is 0 Å². The number of anilines is 1. The van der Waals surface area contributed by atoms with Gasteiger partial charge in [-0.3, -0.25) is 0 Å². The van der Waals surface area contributed by atoms with Gasteiger partial charge in [-0.15, -0.1) is 0 Å². The third-order valence-electron chi connectivity index (χ3n) is 3.13. The summed E-state index contributed by atoms with van der Waals surface area (Å²) in [5.74, 6) is -1.20. The van der Waals surface area contributed by atoms with Crippen LogP contribution in [0.2, 0.25) is 0 Å². The van der Waals surface area contributed by atoms with Gasteiger partial charge in [0.15, 0.2) is 0 Å². The van der Waals surface area contributed by atoms with E-state index in [4.69, 9.17) is 14.9 Å². The van der Waals surface area contributed by atoms with Gasteiger partial charge < -0.3 is 20.3 Å². The van der Waals surface area contributed by atoms with Gasteiger partial charge in [0.25, 0.3) is 0 Å². The Bertz CT molecular complexity index is 633. The van der Waals surface area contributed by atoms with E-state index in [1.165, 1.54) is 12.1 Å². The highest BCUT2D eigenvalue weighted by atomic mass is 32.2. The minimum Gasteiger partial charge on any atom is -0.478 e. The van der Waals surface area contributed by atoms with Crippen LogP contribution < -0.4 is 10.0 Å². The Labute approximate surface area is 141 Å². The first-order valence-corrected chi connectivity index (χ1v) is 9.20. The van der Waals surface area contributed by atoms with Crippen molar-refractivity contribution >= 4 is 21.7 Å². The van der Waals surface area contributed by atoms with E-state index in [0.717, 1.165) is 6.07 Å². The van der Waals surface area contributed by atoms with Gasteiger partial charge >= 0.3 is 5.97 Å². The van der Waals surface area contributed by atoms with Crippen LogP contribution in [-0.4, -0.2) is 57.5 Å². The predicted octanol–water partition coefficient (Wildman–Crippen LogP) is 0.884. The molecule has 9 heteroatoms. The molecule has 1 aromatic carbocycles. The largest absolute Gasteiger partial charge is 0.478 e. The van der Waals surface area contributed by atoms with Crippen LogP contribution >= 0.6 is 0 Å². The Morgan fingerprint density at radius 2 is 2.00 bits per heavy atom. The maximum Gasteiger partial charge on any atom is 0.335 e. The molecule has 24 heavy (non-hydrogen) atoms. The lowest BCUT2D eigenvalue weighted by Gasteiger charge is -2.14. The number of aliphatic hydroxyl groups excluding tert-OH is 1. The average Bonchev–Trinajstić information content (AvgIpc) is 2.54. The van der Waals surface area contributed by atoms with Gasteiger partial charge in [0, 0.05) is 32.9 Å². The number of carboxylic acid groups (broad SMARTS) is 1. The number of ether oxygens (including phenoxy) is 1. The minimum absolute atomic E-state index is 0.0694. The Morgan fingerprint density at radius 3 is 2.62 bits per heavy atom. The lowest BCUT2D eigenvalue weighted by Crippen LogP contribution is -2.26. The summed E-state index contributed by atoms with van der Waals surface area (Å²) >= 11 is 0. The Morgan fingerprint density at radius 1 is 1.25 bits per heavy atom. The molecule has 0 radical (unpaired) electrons. The standard InChI is InChI=1S/C15H24N2O6S/c1-2-23-10-4-7-16-13-6-5-12(15(19)20)11-14(13)24(21,22)17-8-3-9-18/h5-6,11,16-18H,2-4,7-10H2,1H3,(H,19,20). The lowest BCUT2D eigenvalue weighted by atomic mass is 10.2. The van der Waals surface area contributed by atoms with Crippen LogP contribution in [0.3, 0.4) is 0 Å². The SMILES string of the molecule is CCOCCCNc1ccc(C(=O)O)cc1S(=O)(=O)NCCCO. The van der Waals surface area contributed by atoms with Gasteiger partial charge in [0.05, 0.1) is 11.3 Å². The number of carbonyl (C=O) groups is 1. The molecule has 0 bridgehead atoms. The fraction of sp³-hybridized carbons (Fsp3) is 0.533. The van der Waals surface area contributed by atoms with Crippen molar-refractivity contribution in [3.63, 3.8) is 0 Å². The highest BCUT2D eigenvalue weighted by Crippen LogP contribution is 2.23. The molecular formula is C15H24N2O6S. The van der Waals surface area contributed by atoms with E-state index in [1.807, 2.05) is 6.92 Å². The number of hydrogen-bond acceptors (Lipinski definition) is 6. The summed E-state index contributed by atoms with van der Waals surface area (Å²) in [7, 11) is -3.88. The fourth-order valence-corrected chi connectivity index (χ4v) is 3.21. The highest BCUT2D eigenvalue weighted by molar-refractivity contribution is 7.89. The molecule has 0 atom stereocenters. The Balaban J connectivity index is 2.95. The summed E-state index contributed by atoms with van der Waals surface area (Å²) < 4.78 is 32.3. The van der Waals surface area contributed by atoms with Crippen molar-refractivity contribution in [2.24, 2.45) is 0 Å². The van der Waals surface area contributed by atoms with Gasteiger partial charge in [-0.2, -0.15) is 0 Å². The van der Waals surface area contributed by atoms with Crippen molar-refractivity contribution in [1.29, 1.82) is 0 Å². The van der Waals surface area contributed by atoms with Crippen molar-refractivity contribution < 1.29 is 28.2 Å². The number of aliphatic hydroxyl groups is 1. The van der Waals surface area contributed by atoms with E-state index in [0.29, 0.717) is 31.9 Å². The second kappa shape index (κ2) is 10.2. The van der Waals surface area contributed by atoms with Crippen LogP contribution in [0.1, 0.15) is 30.1 Å². The Hall–Kier alpha value is -1.68. The zero-order valence-corrected chi connectivity index (χ0v) is 14.4. The molecule has 0 amide bonds. The molecule has 0 heterocycles. The summed E-state index contributed by atoms with van der Waals surface area (Å²) in [5, 5.41) is 20.8. The molecule has 0 aliphatic carbocycles. The second-order valence-corrected chi connectivity index (χ2v) is 6.70. The van der Waals surface area contributed by atoms with E-state index < -0.39 is 16.0 Å². The molecule has 0 aliphatic rings. The first-order valence-electron chi connectivity index (χ1n) is 7.72. The van der Waals surface area contributed by atoms with E-state index in [2.05, 4.69) is 10.0 Å². The van der Waals surface area contributed by atoms with Crippen molar-refractivity contribution in [3.05, 3.63) is 23.8 Å². The van der Waals surface area contributed by atoms with Crippen LogP contribution in [0.5, 0.6) is 0 Å². The number of aromatic carboxylic acids is 1. The van der Waals surface area contributed by atoms with Gasteiger partial charge in [-0.25, -0.2) is 17.9 Å². The van der Waals surface area contributed by atoms with Crippen molar-refractivity contribution in [1.82, 2.24) is 4.72 Å². The zero-order chi connectivity index (χ0) is 18.0. The van der Waals surface area contributed by atoms with Gasteiger partial charge in [-0.05, 0) is 38.0 Å². The lowest BCUT2D eigenvalue weighted by molar-refractivity contribution is 0.0696. The van der Waals surface area contributed by atoms with E-state index in [-0.39, 0.29) is 30.0 Å². The zero-order valence-electron chi connectivity index (χ0n) is 13.6. The van der Waals surface area contributed by atoms with Crippen molar-refractivity contribution in [2.75, 3.05) is 38.2 Å². The molecule has 0 fully saturated rings. The summed E-state index contributed by atoms with van der Waals surface area (Å²) in [6.07, 6.45) is 0.959. The monoisotopic (exact) mass is 360 g/mol. The molecule has 8 nitrogen and oxygen atoms in total. The molecule has 0 saturated carbocycles. The molecule has 136 valence electrons. The minimum atomic E-state index is -3.88. The normalized spacial score (nSPS) is 11.4. The number of rotatable bonds is 12. The first kappa shape index (κ1) is 20.4. The third-order valence-corrected chi connectivity index (χ3v) is 4.63. The van der Waals surface area contributed by atoms with Crippen LogP contribution in [0.15, 0.2) is 23.1 Å². The molecule has 1 aromatic rings. The number of carboxylic acids is 1. The number of benzene rings is 1. The summed E-state index contributed by atoms with van der Waals surface area (Å²) in [6, 6.07) is 3.90. The van der Waals surface area contributed by atoms with E-state index >= 15 is 0 Å². The van der Waals surface area contributed by atoms with Crippen molar-refractivity contribution in [2.45, 2.75) is 24.7 Å². The average molecular weight is 360 g/mol. The molecule has 0 aliphatic heterocycles. The number of sulfonamides is 1. The molecule has 0 unspecified atom stereocenters. The van der Waals surface area contributed by atoms with Crippen LogP contribution in [-0.2, 0) is 14.8 Å². The smallest absolute Gasteiger partial charge is 0.335 e. The topological polar surface area (TPSA) is 125 Å². The predicted molar refractivity (Wildman–Crippen MR) is 89.9 cm³/mol. The molecular weight excluding hydrogens is 336 g/mol. The maximum absolute atomic E-state index is 12.4. The molecule has 0 spiro atoms. The summed E-state index contributed by atoms with van der Waals surface area (Å²) in [5.41, 5.74) is 0.213. The van der Waals surface area contributed by atoms with Crippen molar-refractivity contribution in [3.8, 4) is 0 Å². The molecule has 4 N–H and O–H groups in total. The third kappa shape index (κ3) is 6.44. The highest BCUT2D eigenvalue weighted by Gasteiger charge is 2.20. The van der Waals surface area contributed by atoms with E-state index in [9.17, 15) is 13.2 Å². The van der Waals surface area contributed by atoms with Gasteiger partial charge in [0.1, 0.15) is 4.90 Å². The quantitative estimate of drug-likeness (QED) is 0.408. The second-order valence-electron chi connectivity index (χ2n) is 4.97. The number of hydrogen-bond donors (Lipinski definition) is 4. The van der Waals surface area contributed by atoms with Crippen LogP contribution in [0.25, 0.3) is 0 Å². The fourth-order valence-electron chi connectivity index (χ4n) is 1.93. The summed E-state index contributed by atoms with van der Waals surface area (Å²) in [6.45, 7) is 3.47. The summed E-state index contributed by atoms with van der Waals surface area (Å²) in [4.78, 5) is 11.0. The first-order chi connectivity index (χ1) is 11.4. The Kier molecular flexibility index (Phi) is 8.69. The maximum atomic E-state index is 12.4. The van der Waals surface area contributed by atoms with Crippen LogP contribution in [0, 0.1) is 0 Å². The number of nitrogens with one attached hydrogen (secondary N) is 2. The molecule has 0 aromatic heterocycles. The molecule has 0 saturated heterocycles. The van der Waals surface area contributed by atoms with E-state index in [1.54, 1.807) is 0 Å².